The van der Waals surface area contributed by atoms with Crippen molar-refractivity contribution in [1.82, 2.24) is 20.1 Å². The van der Waals surface area contributed by atoms with Crippen LogP contribution in [0.2, 0.25) is 0 Å². The molecule has 0 saturated heterocycles. The zero-order valence-electron chi connectivity index (χ0n) is 11.2. The van der Waals surface area contributed by atoms with E-state index in [0.29, 0.717) is 6.04 Å². The Morgan fingerprint density at radius 1 is 1.33 bits per heavy atom. The van der Waals surface area contributed by atoms with Gasteiger partial charge < -0.3 is 5.32 Å². The van der Waals surface area contributed by atoms with Crippen LogP contribution in [-0.4, -0.2) is 20.8 Å². The second kappa shape index (κ2) is 5.78. The van der Waals surface area contributed by atoms with Crippen LogP contribution in [0.15, 0.2) is 30.7 Å². The molecule has 2 heterocycles. The van der Waals surface area contributed by atoms with Gasteiger partial charge in [0.2, 0.25) is 0 Å². The summed E-state index contributed by atoms with van der Waals surface area (Å²) in [5.74, 6) is 0. The van der Waals surface area contributed by atoms with Crippen molar-refractivity contribution in [2.24, 2.45) is 0 Å². The fraction of sp³-hybridized carbons (Fsp3) is 0.429. The van der Waals surface area contributed by atoms with Gasteiger partial charge in [0.15, 0.2) is 0 Å². The SMILES string of the molecule is CCn1nccc1-c1cncc(CNC(C)C)c1. The van der Waals surface area contributed by atoms with Crippen LogP contribution in [0.1, 0.15) is 26.3 Å². The molecule has 0 aliphatic heterocycles. The molecule has 0 spiro atoms. The second-order valence-electron chi connectivity index (χ2n) is 4.65. The fourth-order valence-corrected chi connectivity index (χ4v) is 1.88. The number of nitrogens with one attached hydrogen (secondary N) is 1. The molecule has 2 aromatic rings. The predicted octanol–water partition coefficient (Wildman–Crippen LogP) is 2.46. The Morgan fingerprint density at radius 3 is 2.89 bits per heavy atom. The number of hydrogen-bond acceptors (Lipinski definition) is 3. The lowest BCUT2D eigenvalue weighted by atomic mass is 10.1. The van der Waals surface area contributed by atoms with E-state index in [9.17, 15) is 0 Å². The van der Waals surface area contributed by atoms with Gasteiger partial charge in [-0.2, -0.15) is 5.10 Å². The maximum atomic E-state index is 4.31. The second-order valence-corrected chi connectivity index (χ2v) is 4.65. The van der Waals surface area contributed by atoms with Crippen molar-refractivity contribution >= 4 is 0 Å². The quantitative estimate of drug-likeness (QED) is 0.878. The molecule has 96 valence electrons. The van der Waals surface area contributed by atoms with Crippen LogP contribution < -0.4 is 5.32 Å². The van der Waals surface area contributed by atoms with Gasteiger partial charge in [-0.1, -0.05) is 13.8 Å². The smallest absolute Gasteiger partial charge is 0.0697 e. The van der Waals surface area contributed by atoms with Crippen LogP contribution in [-0.2, 0) is 13.1 Å². The van der Waals surface area contributed by atoms with E-state index in [2.05, 4.69) is 42.2 Å². The van der Waals surface area contributed by atoms with Gasteiger partial charge in [0.05, 0.1) is 5.69 Å². The molecule has 0 atom stereocenters. The Labute approximate surface area is 108 Å². The summed E-state index contributed by atoms with van der Waals surface area (Å²) in [6.45, 7) is 8.09. The molecule has 0 aliphatic rings. The molecule has 2 aromatic heterocycles. The Morgan fingerprint density at radius 2 is 2.17 bits per heavy atom. The molecule has 4 nitrogen and oxygen atoms in total. The van der Waals surface area contributed by atoms with Crippen LogP contribution in [0.5, 0.6) is 0 Å². The highest BCUT2D eigenvalue weighted by atomic mass is 15.3. The van der Waals surface area contributed by atoms with E-state index in [-0.39, 0.29) is 0 Å². The summed E-state index contributed by atoms with van der Waals surface area (Å²) in [7, 11) is 0. The minimum absolute atomic E-state index is 0.481. The van der Waals surface area contributed by atoms with Gasteiger partial charge in [0.25, 0.3) is 0 Å². The first-order valence-electron chi connectivity index (χ1n) is 6.40. The van der Waals surface area contributed by atoms with Crippen molar-refractivity contribution in [2.45, 2.75) is 39.9 Å². The van der Waals surface area contributed by atoms with Crippen LogP contribution in [0.3, 0.4) is 0 Å². The van der Waals surface area contributed by atoms with E-state index in [1.165, 1.54) is 5.56 Å². The third kappa shape index (κ3) is 2.96. The van der Waals surface area contributed by atoms with Gasteiger partial charge in [-0.05, 0) is 24.6 Å². The zero-order valence-corrected chi connectivity index (χ0v) is 11.2. The standard InChI is InChI=1S/C14H20N4/c1-4-18-14(5-6-17-18)13-7-12(8-15-10-13)9-16-11(2)3/h5-8,10-11,16H,4,9H2,1-3H3. The lowest BCUT2D eigenvalue weighted by Gasteiger charge is -2.09. The van der Waals surface area contributed by atoms with Crippen LogP contribution >= 0.6 is 0 Å². The van der Waals surface area contributed by atoms with Crippen molar-refractivity contribution in [2.75, 3.05) is 0 Å². The van der Waals surface area contributed by atoms with Crippen LogP contribution in [0.4, 0.5) is 0 Å². The van der Waals surface area contributed by atoms with E-state index in [1.54, 1.807) is 0 Å². The summed E-state index contributed by atoms with van der Waals surface area (Å²) in [6, 6.07) is 4.68. The summed E-state index contributed by atoms with van der Waals surface area (Å²) in [6.07, 6.45) is 5.63. The Hall–Kier alpha value is -1.68. The van der Waals surface area contributed by atoms with E-state index in [0.717, 1.165) is 24.3 Å². The third-order valence-corrected chi connectivity index (χ3v) is 2.82. The van der Waals surface area contributed by atoms with Crippen LogP contribution in [0, 0.1) is 0 Å². The Balaban J connectivity index is 2.21. The third-order valence-electron chi connectivity index (χ3n) is 2.82. The van der Waals surface area contributed by atoms with Crippen molar-refractivity contribution in [3.8, 4) is 11.3 Å². The minimum Gasteiger partial charge on any atom is -0.310 e. The maximum absolute atomic E-state index is 4.31. The van der Waals surface area contributed by atoms with Gasteiger partial charge >= 0.3 is 0 Å². The van der Waals surface area contributed by atoms with Gasteiger partial charge in [-0.25, -0.2) is 0 Å². The van der Waals surface area contributed by atoms with E-state index >= 15 is 0 Å². The number of rotatable bonds is 5. The molecule has 18 heavy (non-hydrogen) atoms. The van der Waals surface area contributed by atoms with Gasteiger partial charge in [-0.3, -0.25) is 9.67 Å². The molecule has 0 saturated carbocycles. The summed E-state index contributed by atoms with van der Waals surface area (Å²) in [5, 5.41) is 7.69. The minimum atomic E-state index is 0.481. The molecule has 0 bridgehead atoms. The molecule has 0 fully saturated rings. The lowest BCUT2D eigenvalue weighted by Crippen LogP contribution is -2.21. The molecule has 1 N–H and O–H groups in total. The predicted molar refractivity (Wildman–Crippen MR) is 73.1 cm³/mol. The first-order valence-corrected chi connectivity index (χ1v) is 6.40. The van der Waals surface area contributed by atoms with Gasteiger partial charge in [0.1, 0.15) is 0 Å². The molecule has 0 aliphatic carbocycles. The molecule has 0 aromatic carbocycles. The molecule has 0 amide bonds. The Bertz CT molecular complexity index is 502. The summed E-state index contributed by atoms with van der Waals surface area (Å²) in [5.41, 5.74) is 3.44. The monoisotopic (exact) mass is 244 g/mol. The zero-order chi connectivity index (χ0) is 13.0. The molecular weight excluding hydrogens is 224 g/mol. The summed E-state index contributed by atoms with van der Waals surface area (Å²) >= 11 is 0. The fourth-order valence-electron chi connectivity index (χ4n) is 1.88. The van der Waals surface area contributed by atoms with Crippen LogP contribution in [0.25, 0.3) is 11.3 Å². The maximum Gasteiger partial charge on any atom is 0.0697 e. The number of hydrogen-bond donors (Lipinski definition) is 1. The normalized spacial score (nSPS) is 11.1. The molecular formula is C14H20N4. The lowest BCUT2D eigenvalue weighted by molar-refractivity contribution is 0.588. The average Bonchev–Trinajstić information content (AvgIpc) is 2.85. The average molecular weight is 244 g/mol. The molecule has 2 rings (SSSR count). The number of aromatic nitrogens is 3. The largest absolute Gasteiger partial charge is 0.310 e. The molecule has 0 unspecified atom stereocenters. The van der Waals surface area contributed by atoms with E-state index in [4.69, 9.17) is 0 Å². The Kier molecular flexibility index (Phi) is 4.10. The van der Waals surface area contributed by atoms with Crippen molar-refractivity contribution in [3.05, 3.63) is 36.3 Å². The molecule has 0 radical (unpaired) electrons. The summed E-state index contributed by atoms with van der Waals surface area (Å²) < 4.78 is 1.98. The van der Waals surface area contributed by atoms with Crippen molar-refractivity contribution < 1.29 is 0 Å². The number of pyridine rings is 1. The van der Waals surface area contributed by atoms with Gasteiger partial charge in [0, 0.05) is 43.3 Å². The van der Waals surface area contributed by atoms with E-state index < -0.39 is 0 Å². The first-order chi connectivity index (χ1) is 8.70. The highest BCUT2D eigenvalue weighted by molar-refractivity contribution is 5.58. The topological polar surface area (TPSA) is 42.7 Å². The number of nitrogens with zero attached hydrogens (tertiary/aromatic N) is 3. The summed E-state index contributed by atoms with van der Waals surface area (Å²) in [4.78, 5) is 4.31. The highest BCUT2D eigenvalue weighted by Crippen LogP contribution is 2.18. The highest BCUT2D eigenvalue weighted by Gasteiger charge is 2.05. The number of aryl methyl sites for hydroxylation is 1. The van der Waals surface area contributed by atoms with Gasteiger partial charge in [-0.15, -0.1) is 0 Å². The van der Waals surface area contributed by atoms with E-state index in [1.807, 2.05) is 29.3 Å². The van der Waals surface area contributed by atoms with Crippen molar-refractivity contribution in [3.63, 3.8) is 0 Å². The first kappa shape index (κ1) is 12.8. The molecule has 4 heteroatoms. The van der Waals surface area contributed by atoms with Crippen molar-refractivity contribution in [1.29, 1.82) is 0 Å².